The average Bonchev–Trinajstić information content (AvgIpc) is 2.73. The van der Waals surface area contributed by atoms with Crippen LogP contribution in [0.4, 0.5) is 5.69 Å². The Hall–Kier alpha value is -3.60. The maximum Gasteiger partial charge on any atom is 0.248 e. The molecule has 3 rings (SSSR count). The monoisotopic (exact) mass is 374 g/mol. The van der Waals surface area contributed by atoms with Crippen LogP contribution in [0.25, 0.3) is 11.1 Å². The van der Waals surface area contributed by atoms with Gasteiger partial charge in [0.05, 0.1) is 11.3 Å². The first-order valence-electron chi connectivity index (χ1n) is 9.13. The van der Waals surface area contributed by atoms with Gasteiger partial charge in [0.2, 0.25) is 5.91 Å². The zero-order valence-corrected chi connectivity index (χ0v) is 16.0. The number of anilines is 1. The molecule has 5 nitrogen and oxygen atoms in total. The number of ether oxygens (including phenoxy) is 1. The number of nitrogens with one attached hydrogen (secondary N) is 1. The van der Waals surface area contributed by atoms with Crippen molar-refractivity contribution in [3.05, 3.63) is 77.4 Å². The number of carbonyl (C=O) groups is 1. The van der Waals surface area contributed by atoms with Crippen molar-refractivity contribution < 1.29 is 14.9 Å². The third kappa shape index (κ3) is 4.04. The summed E-state index contributed by atoms with van der Waals surface area (Å²) in [6.07, 6.45) is 2.29. The molecule has 5 heteroatoms. The van der Waals surface area contributed by atoms with Crippen molar-refractivity contribution in [3.8, 4) is 22.6 Å². The van der Waals surface area contributed by atoms with Gasteiger partial charge in [-0.3, -0.25) is 10.2 Å². The number of primary amides is 1. The summed E-state index contributed by atoms with van der Waals surface area (Å²) in [5.41, 5.74) is 10.8. The Bertz CT molecular complexity index is 1030. The molecule has 0 saturated carbocycles. The maximum atomic E-state index is 11.6. The number of hydrogen-bond donors (Lipinski definition) is 3. The van der Waals surface area contributed by atoms with E-state index in [0.29, 0.717) is 11.3 Å². The number of nitrogens with two attached hydrogens (primary N) is 2. The molecule has 142 valence electrons. The Morgan fingerprint density at radius 2 is 1.82 bits per heavy atom. The van der Waals surface area contributed by atoms with Crippen LogP contribution in [0.1, 0.15) is 28.4 Å². The van der Waals surface area contributed by atoms with E-state index in [0.717, 1.165) is 40.1 Å². The average molecular weight is 374 g/mol. The summed E-state index contributed by atoms with van der Waals surface area (Å²) in [6, 6.07) is 19.2. The van der Waals surface area contributed by atoms with Crippen LogP contribution in [0.2, 0.25) is 0 Å². The zero-order chi connectivity index (χ0) is 20.1. The Balaban J connectivity index is 1.91. The Morgan fingerprint density at radius 1 is 1.07 bits per heavy atom. The van der Waals surface area contributed by atoms with E-state index in [1.54, 1.807) is 12.3 Å². The van der Waals surface area contributed by atoms with Crippen LogP contribution in [0, 0.1) is 0 Å². The molecular formula is C23H24N3O2+. The van der Waals surface area contributed by atoms with Gasteiger partial charge >= 0.3 is 0 Å². The largest absolute Gasteiger partial charge is 0.457 e. The Kier molecular flexibility index (Phi) is 5.75. The number of carbonyl (C=O) groups excluding carboxylic acids is 1. The van der Waals surface area contributed by atoms with E-state index in [-0.39, 0.29) is 0 Å². The van der Waals surface area contributed by atoms with Gasteiger partial charge in [0.15, 0.2) is 6.21 Å². The minimum absolute atomic E-state index is 0.404. The van der Waals surface area contributed by atoms with E-state index in [1.165, 1.54) is 0 Å². The second-order valence-corrected chi connectivity index (χ2v) is 6.39. The molecule has 0 aromatic heterocycles. The van der Waals surface area contributed by atoms with Crippen molar-refractivity contribution in [3.63, 3.8) is 0 Å². The number of benzene rings is 3. The molecule has 28 heavy (non-hydrogen) atoms. The van der Waals surface area contributed by atoms with Crippen molar-refractivity contribution in [2.45, 2.75) is 13.3 Å². The van der Waals surface area contributed by atoms with Gasteiger partial charge in [0, 0.05) is 18.7 Å². The molecule has 0 spiro atoms. The fraction of sp³-hybridized carbons (Fsp3) is 0.130. The molecule has 5 N–H and O–H groups in total. The van der Waals surface area contributed by atoms with Crippen molar-refractivity contribution in [1.82, 2.24) is 0 Å². The lowest BCUT2D eigenvalue weighted by atomic mass is 9.97. The molecule has 3 aromatic rings. The predicted molar refractivity (Wildman–Crippen MR) is 113 cm³/mol. The van der Waals surface area contributed by atoms with Gasteiger partial charge in [-0.15, -0.1) is 0 Å². The van der Waals surface area contributed by atoms with Crippen LogP contribution >= 0.6 is 0 Å². The molecule has 0 radical (unpaired) electrons. The summed E-state index contributed by atoms with van der Waals surface area (Å²) in [5.74, 6) is 1.03. The highest BCUT2D eigenvalue weighted by Gasteiger charge is 2.10. The lowest BCUT2D eigenvalue weighted by molar-refractivity contribution is -0.104. The maximum absolute atomic E-state index is 11.6. The fourth-order valence-electron chi connectivity index (χ4n) is 3.14. The van der Waals surface area contributed by atoms with Crippen LogP contribution in [0.5, 0.6) is 11.5 Å². The van der Waals surface area contributed by atoms with Gasteiger partial charge in [-0.25, -0.2) is 0 Å². The van der Waals surface area contributed by atoms with Gasteiger partial charge in [-0.1, -0.05) is 31.2 Å². The molecule has 0 aliphatic rings. The molecular weight excluding hydrogens is 350 g/mol. The molecule has 0 aliphatic heterocycles. The third-order valence-electron chi connectivity index (χ3n) is 4.63. The summed E-state index contributed by atoms with van der Waals surface area (Å²) in [4.78, 5) is 11.6. The van der Waals surface area contributed by atoms with E-state index >= 15 is 0 Å². The third-order valence-corrected chi connectivity index (χ3v) is 4.63. The van der Waals surface area contributed by atoms with E-state index in [1.807, 2.05) is 68.6 Å². The van der Waals surface area contributed by atoms with Gasteiger partial charge in [-0.2, -0.15) is 0 Å². The second-order valence-electron chi connectivity index (χ2n) is 6.39. The highest BCUT2D eigenvalue weighted by Crippen LogP contribution is 2.30. The summed E-state index contributed by atoms with van der Waals surface area (Å²) in [7, 11) is 1.84. The molecule has 1 amide bonds. The van der Waals surface area contributed by atoms with Crippen LogP contribution in [0.3, 0.4) is 0 Å². The minimum atomic E-state index is -0.404. The van der Waals surface area contributed by atoms with Crippen LogP contribution < -0.4 is 21.2 Å². The first kappa shape index (κ1) is 19.2. The van der Waals surface area contributed by atoms with Crippen LogP contribution in [-0.4, -0.2) is 19.2 Å². The first-order chi connectivity index (χ1) is 13.5. The molecule has 0 bridgehead atoms. The lowest BCUT2D eigenvalue weighted by Gasteiger charge is -2.12. The number of hydrogen-bond acceptors (Lipinski definition) is 3. The summed E-state index contributed by atoms with van der Waals surface area (Å²) in [5, 5.41) is 8.74. The molecule has 0 aliphatic carbocycles. The number of amides is 1. The van der Waals surface area contributed by atoms with Crippen molar-refractivity contribution in [2.75, 3.05) is 12.4 Å². The zero-order valence-electron chi connectivity index (χ0n) is 16.0. The van der Waals surface area contributed by atoms with Crippen LogP contribution in [-0.2, 0) is 6.42 Å². The normalized spacial score (nSPS) is 10.4. The Labute approximate surface area is 164 Å². The van der Waals surface area contributed by atoms with E-state index < -0.39 is 5.91 Å². The quantitative estimate of drug-likeness (QED) is 0.555. The molecule has 0 fully saturated rings. The molecule has 0 heterocycles. The summed E-state index contributed by atoms with van der Waals surface area (Å²) in [6.45, 7) is 2.01. The van der Waals surface area contributed by atoms with E-state index in [4.69, 9.17) is 15.9 Å². The fourth-order valence-corrected chi connectivity index (χ4v) is 3.14. The number of rotatable bonds is 7. The van der Waals surface area contributed by atoms with Crippen molar-refractivity contribution >= 4 is 17.8 Å². The van der Waals surface area contributed by atoms with Gasteiger partial charge < -0.3 is 15.8 Å². The topological polar surface area (TPSA) is 89.9 Å². The molecule has 0 saturated heterocycles. The smallest absolute Gasteiger partial charge is 0.248 e. The van der Waals surface area contributed by atoms with Crippen molar-refractivity contribution in [2.24, 2.45) is 5.73 Å². The van der Waals surface area contributed by atoms with E-state index in [9.17, 15) is 4.79 Å². The van der Waals surface area contributed by atoms with Crippen molar-refractivity contribution in [1.29, 1.82) is 0 Å². The van der Waals surface area contributed by atoms with Gasteiger partial charge in [-0.05, 0) is 53.4 Å². The SMILES string of the molecule is CCc1cc(-c2cccc(Oc3ccc(C=[NH2+])c(NC)c3)c2)ccc1C(N)=O. The number of aryl methyl sites for hydroxylation is 1. The van der Waals surface area contributed by atoms with Gasteiger partial charge in [0.25, 0.3) is 0 Å². The molecule has 0 unspecified atom stereocenters. The highest BCUT2D eigenvalue weighted by molar-refractivity contribution is 5.95. The van der Waals surface area contributed by atoms with Crippen LogP contribution in [0.15, 0.2) is 60.7 Å². The minimum Gasteiger partial charge on any atom is -0.457 e. The second kappa shape index (κ2) is 8.39. The predicted octanol–water partition coefficient (Wildman–Crippen LogP) is 3.03. The Morgan fingerprint density at radius 3 is 2.50 bits per heavy atom. The summed E-state index contributed by atoms with van der Waals surface area (Å²) < 4.78 is 6.03. The molecule has 0 atom stereocenters. The van der Waals surface area contributed by atoms with Gasteiger partial charge in [0.1, 0.15) is 11.5 Å². The highest BCUT2D eigenvalue weighted by atomic mass is 16.5. The first-order valence-corrected chi connectivity index (χ1v) is 9.13. The molecule has 3 aromatic carbocycles. The summed E-state index contributed by atoms with van der Waals surface area (Å²) >= 11 is 0. The van der Waals surface area contributed by atoms with E-state index in [2.05, 4.69) is 5.32 Å². The standard InChI is InChI=1S/C23H23N3O2/c1-3-15-11-17(8-10-21(15)23(25)27)16-5-4-6-19(12-16)28-20-9-7-18(14-24)22(13-20)26-2/h4-14,24,26H,3H2,1-2H3,(H2,25,27)/p+1. The lowest BCUT2D eigenvalue weighted by Crippen LogP contribution is -2.30.